The molecule has 2 saturated heterocycles. The Hall–Kier alpha value is -6.90. The predicted octanol–water partition coefficient (Wildman–Crippen LogP) is 3.53. The molecular formula is C53H67F2N11O12. The summed E-state index contributed by atoms with van der Waals surface area (Å²) >= 11 is 0. The number of fused-ring (bicyclic) bond motifs is 3. The van der Waals surface area contributed by atoms with E-state index in [0.29, 0.717) is 140 Å². The van der Waals surface area contributed by atoms with Gasteiger partial charge in [-0.1, -0.05) is 0 Å². The van der Waals surface area contributed by atoms with E-state index in [1.54, 1.807) is 42.4 Å². The fourth-order valence-electron chi connectivity index (χ4n) is 10.4. The lowest BCUT2D eigenvalue weighted by Crippen LogP contribution is -2.54. The van der Waals surface area contributed by atoms with Crippen molar-refractivity contribution in [2.24, 2.45) is 0 Å². The molecule has 2 aromatic carbocycles. The van der Waals surface area contributed by atoms with Crippen LogP contribution in [0.15, 0.2) is 42.7 Å². The molecule has 0 spiro atoms. The van der Waals surface area contributed by atoms with Gasteiger partial charge in [-0.2, -0.15) is 10.2 Å². The van der Waals surface area contributed by atoms with Gasteiger partial charge >= 0.3 is 6.03 Å². The first kappa shape index (κ1) is 55.8. The van der Waals surface area contributed by atoms with Crippen molar-refractivity contribution in [3.8, 4) is 11.1 Å². The third kappa shape index (κ3) is 13.3. The number of anilines is 3. The Labute approximate surface area is 449 Å². The molecule has 7 heterocycles. The molecular weight excluding hydrogens is 1020 g/mol. The van der Waals surface area contributed by atoms with Crippen LogP contribution in [0.5, 0.6) is 0 Å². The lowest BCUT2D eigenvalue weighted by Gasteiger charge is -2.33. The molecule has 25 heteroatoms. The highest BCUT2D eigenvalue weighted by atomic mass is 19.3. The summed E-state index contributed by atoms with van der Waals surface area (Å²) in [7, 11) is 1.61. The van der Waals surface area contributed by atoms with Crippen molar-refractivity contribution >= 4 is 52.8 Å². The first-order chi connectivity index (χ1) is 38.0. The molecule has 5 aliphatic rings. The van der Waals surface area contributed by atoms with Gasteiger partial charge in [0.2, 0.25) is 17.7 Å². The van der Waals surface area contributed by atoms with Gasteiger partial charge in [-0.3, -0.25) is 43.6 Å². The zero-order valence-corrected chi connectivity index (χ0v) is 43.7. The van der Waals surface area contributed by atoms with Gasteiger partial charge in [0.15, 0.2) is 5.82 Å². The second-order valence-corrected chi connectivity index (χ2v) is 19.4. The van der Waals surface area contributed by atoms with Gasteiger partial charge in [0.25, 0.3) is 18.2 Å². The van der Waals surface area contributed by atoms with E-state index in [1.165, 1.54) is 10.9 Å². The molecule has 0 saturated carbocycles. The second kappa shape index (κ2) is 26.6. The predicted molar refractivity (Wildman–Crippen MR) is 277 cm³/mol. The highest BCUT2D eigenvalue weighted by molar-refractivity contribution is 6.23. The maximum absolute atomic E-state index is 15.0. The van der Waals surface area contributed by atoms with E-state index in [-0.39, 0.29) is 67.2 Å². The minimum atomic E-state index is -2.78. The number of hydrogen-bond donors (Lipinski definition) is 4. The monoisotopic (exact) mass is 1090 g/mol. The van der Waals surface area contributed by atoms with Crippen LogP contribution in [0.25, 0.3) is 11.1 Å². The maximum Gasteiger partial charge on any atom is 0.317 e. The molecule has 23 nitrogen and oxygen atoms in total. The summed E-state index contributed by atoms with van der Waals surface area (Å²) in [6.45, 7) is 6.88. The van der Waals surface area contributed by atoms with Crippen LogP contribution in [0.4, 0.5) is 30.8 Å². The fourth-order valence-corrected chi connectivity index (χ4v) is 10.4. The van der Waals surface area contributed by atoms with Crippen molar-refractivity contribution in [2.75, 3.05) is 123 Å². The van der Waals surface area contributed by atoms with Gasteiger partial charge in [0.1, 0.15) is 12.6 Å². The molecule has 420 valence electrons. The zero-order chi connectivity index (χ0) is 54.5. The third-order valence-electron chi connectivity index (χ3n) is 14.3. The Morgan fingerprint density at radius 1 is 0.808 bits per heavy atom. The molecule has 0 bridgehead atoms. The molecule has 2 aromatic heterocycles. The molecule has 5 aliphatic heterocycles. The Morgan fingerprint density at radius 2 is 1.50 bits per heavy atom. The number of carbonyl (C=O) groups is 6. The molecule has 1 atom stereocenters. The average molecular weight is 1090 g/mol. The number of halogens is 2. The summed E-state index contributed by atoms with van der Waals surface area (Å²) in [6, 6.07) is 7.15. The van der Waals surface area contributed by atoms with Crippen LogP contribution in [0.2, 0.25) is 0 Å². The summed E-state index contributed by atoms with van der Waals surface area (Å²) in [6.07, 6.45) is 4.23. The van der Waals surface area contributed by atoms with E-state index in [4.69, 9.17) is 33.5 Å². The molecule has 2 fully saturated rings. The summed E-state index contributed by atoms with van der Waals surface area (Å²) < 4.78 is 67.0. The lowest BCUT2D eigenvalue weighted by atomic mass is 9.92. The van der Waals surface area contributed by atoms with Crippen molar-refractivity contribution < 1.29 is 66.0 Å². The van der Waals surface area contributed by atoms with Crippen molar-refractivity contribution in [1.82, 2.24) is 45.3 Å². The van der Waals surface area contributed by atoms with Crippen LogP contribution in [0.1, 0.15) is 87.7 Å². The van der Waals surface area contributed by atoms with Crippen LogP contribution in [-0.2, 0) is 68.7 Å². The minimum Gasteiger partial charge on any atom is -0.383 e. The first-order valence-electron chi connectivity index (χ1n) is 26.6. The molecule has 78 heavy (non-hydrogen) atoms. The summed E-state index contributed by atoms with van der Waals surface area (Å²) in [5, 5.41) is 20.4. The number of aromatic nitrogens is 4. The molecule has 7 amide bonds. The normalized spacial score (nSPS) is 17.6. The van der Waals surface area contributed by atoms with E-state index in [0.717, 1.165) is 41.0 Å². The second-order valence-electron chi connectivity index (χ2n) is 19.4. The van der Waals surface area contributed by atoms with E-state index in [9.17, 15) is 37.5 Å². The van der Waals surface area contributed by atoms with Gasteiger partial charge < -0.3 is 54.2 Å². The number of ether oxygens (including phenoxy) is 6. The number of carbonyl (C=O) groups excluding carboxylic acids is 6. The number of nitrogens with one attached hydrogen (secondary N) is 4. The number of urea groups is 1. The Kier molecular flexibility index (Phi) is 19.1. The van der Waals surface area contributed by atoms with Crippen molar-refractivity contribution in [1.29, 1.82) is 0 Å². The summed E-state index contributed by atoms with van der Waals surface area (Å²) in [5.41, 5.74) is 5.34. The van der Waals surface area contributed by atoms with Gasteiger partial charge in [-0.15, -0.1) is 0 Å². The molecule has 0 radical (unpaired) electrons. The third-order valence-corrected chi connectivity index (χ3v) is 14.3. The van der Waals surface area contributed by atoms with Crippen LogP contribution in [0.3, 0.4) is 0 Å². The Morgan fingerprint density at radius 3 is 2.19 bits per heavy atom. The highest BCUT2D eigenvalue weighted by Gasteiger charge is 2.45. The number of amides is 7. The Bertz CT molecular complexity index is 2800. The van der Waals surface area contributed by atoms with E-state index >= 15 is 0 Å². The molecule has 4 aromatic rings. The number of imide groups is 2. The zero-order valence-electron chi connectivity index (χ0n) is 43.7. The molecule has 0 aliphatic carbocycles. The van der Waals surface area contributed by atoms with Gasteiger partial charge in [-0.25, -0.2) is 13.6 Å². The van der Waals surface area contributed by atoms with Crippen molar-refractivity contribution in [3.05, 3.63) is 76.2 Å². The minimum absolute atomic E-state index is 0.0549. The molecule has 1 unspecified atom stereocenters. The number of nitrogens with zero attached hydrogens (tertiary/aromatic N) is 7. The number of benzene rings is 2. The maximum atomic E-state index is 15.0. The van der Waals surface area contributed by atoms with E-state index < -0.39 is 36.1 Å². The van der Waals surface area contributed by atoms with Crippen LogP contribution >= 0.6 is 0 Å². The number of aryl methyl sites for hydroxylation is 1. The average Bonchev–Trinajstić information content (AvgIpc) is 4.18. The molecule has 9 rings (SSSR count). The first-order valence-corrected chi connectivity index (χ1v) is 26.6. The number of rotatable bonds is 26. The van der Waals surface area contributed by atoms with E-state index in [1.807, 2.05) is 11.0 Å². The van der Waals surface area contributed by atoms with Crippen LogP contribution in [0, 0.1) is 0 Å². The molecule has 4 N–H and O–H groups in total. The highest BCUT2D eigenvalue weighted by Crippen LogP contribution is 2.44. The fraction of sp³-hybridized carbons (Fsp3) is 0.547. The van der Waals surface area contributed by atoms with Gasteiger partial charge in [-0.05, 0) is 73.6 Å². The van der Waals surface area contributed by atoms with Gasteiger partial charge in [0, 0.05) is 99.2 Å². The number of piperidine rings is 1. The quantitative estimate of drug-likeness (QED) is 0.0519. The van der Waals surface area contributed by atoms with Crippen molar-refractivity contribution in [3.63, 3.8) is 0 Å². The van der Waals surface area contributed by atoms with Crippen molar-refractivity contribution in [2.45, 2.75) is 76.5 Å². The largest absolute Gasteiger partial charge is 0.383 e. The smallest absolute Gasteiger partial charge is 0.317 e. The lowest BCUT2D eigenvalue weighted by molar-refractivity contribution is -0.136. The topological polar surface area (TPSA) is 251 Å². The standard InChI is InChI=1S/C53H67F2N11O12/c1-56-53(72)62-14-8-43-42(32-62)49(61-66(43)37-9-15-73-16-10-37)64-13-2-3-34-27-39(40(48(54)55)29-45(34)64)35-30-59-63(31-35)33-47(68)58-12-18-75-20-22-77-24-26-78-25-23-76-21-19-74-17-11-57-36-4-5-38-41(28-36)52(71)65(51(38)70)44-6-7-46(67)60-50(44)69/h4-5,27-31,37,44,48,57H,2-3,6-26,32-33H2,1H3,(H,56,72)(H,58,68)(H,60,67,69). The van der Waals surface area contributed by atoms with Crippen LogP contribution < -0.4 is 26.2 Å². The Balaban J connectivity index is 0.620. The number of hydrogen-bond acceptors (Lipinski definition) is 16. The number of alkyl halides is 2. The summed E-state index contributed by atoms with van der Waals surface area (Å²) in [5.74, 6) is -1.81. The van der Waals surface area contributed by atoms with E-state index in [2.05, 4.69) is 31.0 Å². The summed E-state index contributed by atoms with van der Waals surface area (Å²) in [4.78, 5) is 80.1. The SMILES string of the molecule is CNC(=O)N1CCc2c(c(N3CCCc4cc(-c5cnn(CC(=O)NCCOCCOCCOCCOCCOCCNc6ccc7c(c6)C(=O)N(C6CCC(=O)NC6=O)C7=O)c5)c(C(F)F)cc43)nn2C2CCOCC2)C1. The van der Waals surface area contributed by atoms with Crippen LogP contribution in [-0.4, -0.2) is 183 Å². The van der Waals surface area contributed by atoms with Gasteiger partial charge in [0.05, 0.1) is 96.0 Å².